The largest absolute Gasteiger partial charge is 0.256 e. The topological polar surface area (TPSA) is 12.9 Å². The molecule has 2 atom stereocenters. The van der Waals surface area contributed by atoms with Crippen molar-refractivity contribution in [2.75, 3.05) is 0 Å². The van der Waals surface area contributed by atoms with Crippen LogP contribution in [0.4, 0.5) is 0 Å². The average molecular weight is 143 g/mol. The first-order chi connectivity index (χ1) is 3.93. The maximum Gasteiger partial charge on any atom is 0.0638 e. The molecule has 0 spiro atoms. The van der Waals surface area contributed by atoms with Crippen molar-refractivity contribution in [1.82, 2.24) is 4.98 Å². The maximum atomic E-state index is 4.09. The molecule has 0 saturated heterocycles. The molecule has 8 heavy (non-hydrogen) atoms. The van der Waals surface area contributed by atoms with Gasteiger partial charge in [0.2, 0.25) is 0 Å². The third kappa shape index (κ3) is 1.51. The minimum atomic E-state index is 0.736. The lowest BCUT2D eigenvalue weighted by Gasteiger charge is -1.88. The van der Waals surface area contributed by atoms with Crippen LogP contribution < -0.4 is 5.44 Å². The summed E-state index contributed by atoms with van der Waals surface area (Å²) >= 11 is 0. The molecule has 0 aliphatic rings. The lowest BCUT2D eigenvalue weighted by atomic mass is 10.5. The lowest BCUT2D eigenvalue weighted by molar-refractivity contribution is 1.39. The van der Waals surface area contributed by atoms with Crippen molar-refractivity contribution in [1.29, 1.82) is 0 Å². The molecule has 0 bridgehead atoms. The van der Waals surface area contributed by atoms with Crippen molar-refractivity contribution in [3.05, 3.63) is 24.4 Å². The standard InChI is InChI=1S/C5H7NP2/c7-8-5-3-1-2-4-6-5/h1-4,8H,7H2. The van der Waals surface area contributed by atoms with Crippen LogP contribution in [-0.2, 0) is 0 Å². The Morgan fingerprint density at radius 1 is 1.50 bits per heavy atom. The second kappa shape index (κ2) is 3.12. The van der Waals surface area contributed by atoms with E-state index in [0.29, 0.717) is 0 Å². The highest BCUT2D eigenvalue weighted by Crippen LogP contribution is 2.16. The van der Waals surface area contributed by atoms with E-state index in [9.17, 15) is 0 Å². The van der Waals surface area contributed by atoms with E-state index in [4.69, 9.17) is 0 Å². The molecule has 0 aromatic carbocycles. The average Bonchev–Trinajstić information content (AvgIpc) is 1.90. The van der Waals surface area contributed by atoms with Gasteiger partial charge in [0.15, 0.2) is 0 Å². The van der Waals surface area contributed by atoms with Crippen LogP contribution in [0.3, 0.4) is 0 Å². The fraction of sp³-hybridized carbons (Fsp3) is 0. The van der Waals surface area contributed by atoms with Gasteiger partial charge in [0.1, 0.15) is 0 Å². The SMILES string of the molecule is PPc1ccccn1. The highest BCUT2D eigenvalue weighted by molar-refractivity contribution is 8.06. The molecular weight excluding hydrogens is 136 g/mol. The van der Waals surface area contributed by atoms with E-state index >= 15 is 0 Å². The predicted octanol–water partition coefficient (Wildman–Crippen LogP) is 1.18. The zero-order chi connectivity index (χ0) is 5.82. The molecular formula is C5H7NP2. The Balaban J connectivity index is 2.83. The van der Waals surface area contributed by atoms with Gasteiger partial charge in [0, 0.05) is 6.20 Å². The van der Waals surface area contributed by atoms with Crippen LogP contribution in [0, 0.1) is 0 Å². The summed E-state index contributed by atoms with van der Waals surface area (Å²) < 4.78 is 0. The van der Waals surface area contributed by atoms with Crippen LogP contribution in [0.25, 0.3) is 0 Å². The summed E-state index contributed by atoms with van der Waals surface area (Å²) in [7, 11) is 3.39. The van der Waals surface area contributed by atoms with Crippen molar-refractivity contribution >= 4 is 22.6 Å². The summed E-state index contributed by atoms with van der Waals surface area (Å²) in [5.74, 6) is 0. The van der Waals surface area contributed by atoms with Crippen LogP contribution in [0.1, 0.15) is 0 Å². The molecule has 0 N–H and O–H groups in total. The second-order valence-electron chi connectivity index (χ2n) is 1.36. The zero-order valence-electron chi connectivity index (χ0n) is 4.33. The van der Waals surface area contributed by atoms with Gasteiger partial charge in [-0.3, -0.25) is 4.98 Å². The van der Waals surface area contributed by atoms with E-state index in [1.165, 1.54) is 0 Å². The molecule has 1 nitrogen and oxygen atoms in total. The second-order valence-corrected chi connectivity index (χ2v) is 3.03. The van der Waals surface area contributed by atoms with E-state index in [1.807, 2.05) is 24.4 Å². The third-order valence-electron chi connectivity index (χ3n) is 0.813. The van der Waals surface area contributed by atoms with E-state index in [0.717, 1.165) is 13.7 Å². The monoisotopic (exact) mass is 143 g/mol. The summed E-state index contributed by atoms with van der Waals surface area (Å²) in [6.45, 7) is 0. The molecule has 0 saturated carbocycles. The van der Waals surface area contributed by atoms with Gasteiger partial charge in [-0.2, -0.15) is 0 Å². The van der Waals surface area contributed by atoms with Crippen LogP contribution in [0.2, 0.25) is 0 Å². The molecule has 1 aromatic heterocycles. The molecule has 1 heterocycles. The molecule has 0 aliphatic heterocycles. The van der Waals surface area contributed by atoms with Crippen LogP contribution in [0.15, 0.2) is 24.4 Å². The van der Waals surface area contributed by atoms with Crippen molar-refractivity contribution < 1.29 is 0 Å². The van der Waals surface area contributed by atoms with Crippen molar-refractivity contribution in [3.63, 3.8) is 0 Å². The van der Waals surface area contributed by atoms with Gasteiger partial charge < -0.3 is 0 Å². The van der Waals surface area contributed by atoms with Gasteiger partial charge >= 0.3 is 0 Å². The Bertz CT molecular complexity index is 152. The first-order valence-corrected chi connectivity index (χ1v) is 5.12. The Kier molecular flexibility index (Phi) is 2.39. The molecule has 42 valence electrons. The van der Waals surface area contributed by atoms with Gasteiger partial charge in [0.25, 0.3) is 0 Å². The number of aromatic nitrogens is 1. The van der Waals surface area contributed by atoms with E-state index in [2.05, 4.69) is 13.9 Å². The fourth-order valence-electron chi connectivity index (χ4n) is 0.448. The molecule has 1 aromatic rings. The van der Waals surface area contributed by atoms with Gasteiger partial charge in [0.05, 0.1) is 5.44 Å². The minimum absolute atomic E-state index is 0.736. The number of pyridine rings is 1. The highest BCUT2D eigenvalue weighted by Gasteiger charge is 1.81. The molecule has 0 radical (unpaired) electrons. The van der Waals surface area contributed by atoms with Crippen molar-refractivity contribution in [2.45, 2.75) is 0 Å². The quantitative estimate of drug-likeness (QED) is 0.538. The molecule has 0 aliphatic carbocycles. The van der Waals surface area contributed by atoms with Gasteiger partial charge in [-0.25, -0.2) is 0 Å². The molecule has 0 amide bonds. The molecule has 2 unspecified atom stereocenters. The first-order valence-electron chi connectivity index (χ1n) is 2.31. The summed E-state index contributed by atoms with van der Waals surface area (Å²) in [6.07, 6.45) is 1.81. The lowest BCUT2D eigenvalue weighted by Crippen LogP contribution is -1.94. The van der Waals surface area contributed by atoms with Crippen LogP contribution in [-0.4, -0.2) is 4.98 Å². The molecule has 1 rings (SSSR count). The predicted molar refractivity (Wildman–Crippen MR) is 41.9 cm³/mol. The summed E-state index contributed by atoms with van der Waals surface area (Å²) in [6, 6.07) is 5.94. The van der Waals surface area contributed by atoms with E-state index < -0.39 is 0 Å². The number of rotatable bonds is 1. The van der Waals surface area contributed by atoms with Gasteiger partial charge in [-0.15, -0.1) is 8.93 Å². The number of nitrogens with zero attached hydrogens (tertiary/aromatic N) is 1. The minimum Gasteiger partial charge on any atom is -0.256 e. The van der Waals surface area contributed by atoms with Gasteiger partial charge in [-0.1, -0.05) is 14.3 Å². The molecule has 3 heteroatoms. The highest BCUT2D eigenvalue weighted by atomic mass is 32.0. The Morgan fingerprint density at radius 3 is 2.75 bits per heavy atom. The first kappa shape index (κ1) is 6.13. The molecule has 0 fully saturated rings. The van der Waals surface area contributed by atoms with Crippen LogP contribution in [0.5, 0.6) is 0 Å². The van der Waals surface area contributed by atoms with E-state index in [-0.39, 0.29) is 0 Å². The fourth-order valence-corrected chi connectivity index (χ4v) is 1.30. The maximum absolute atomic E-state index is 4.09. The van der Waals surface area contributed by atoms with Crippen LogP contribution >= 0.6 is 17.2 Å². The smallest absolute Gasteiger partial charge is 0.0638 e. The van der Waals surface area contributed by atoms with Crippen molar-refractivity contribution in [2.24, 2.45) is 0 Å². The summed E-state index contributed by atoms with van der Waals surface area (Å²) in [5.41, 5.74) is 1.15. The third-order valence-corrected chi connectivity index (χ3v) is 2.29. The normalized spacial score (nSPS) is 10.6. The Labute approximate surface area is 52.8 Å². The van der Waals surface area contributed by atoms with Gasteiger partial charge in [-0.05, 0) is 12.1 Å². The van der Waals surface area contributed by atoms with E-state index in [1.54, 1.807) is 0 Å². The Hall–Kier alpha value is 0.01000. The summed E-state index contributed by atoms with van der Waals surface area (Å²) in [4.78, 5) is 4.09. The summed E-state index contributed by atoms with van der Waals surface area (Å²) in [5, 5.41) is 0. The zero-order valence-corrected chi connectivity index (χ0v) is 6.49. The Morgan fingerprint density at radius 2 is 2.38 bits per heavy atom. The number of hydrogen-bond acceptors (Lipinski definition) is 1. The number of hydrogen-bond donors (Lipinski definition) is 0. The van der Waals surface area contributed by atoms with Crippen molar-refractivity contribution in [3.8, 4) is 0 Å².